The van der Waals surface area contributed by atoms with Gasteiger partial charge in [-0.1, -0.05) is 0 Å². The molecule has 3 N–H and O–H groups in total. The summed E-state index contributed by atoms with van der Waals surface area (Å²) in [6.45, 7) is 1.24. The predicted molar refractivity (Wildman–Crippen MR) is 87.4 cm³/mol. The van der Waals surface area contributed by atoms with Gasteiger partial charge < -0.3 is 11.1 Å². The van der Waals surface area contributed by atoms with Gasteiger partial charge in [0.2, 0.25) is 5.91 Å². The SMILES string of the molecule is Cc1c([N+](=O)[O-])cc(C(=O)Nc2ccc(C(N)=O)cc2)cc1[N+](=O)[O-]. The molecule has 10 heteroatoms. The summed E-state index contributed by atoms with van der Waals surface area (Å²) in [4.78, 5) is 43.7. The number of nitrogens with zero attached hydrogens (tertiary/aromatic N) is 2. The van der Waals surface area contributed by atoms with Crippen LogP contribution >= 0.6 is 0 Å². The largest absolute Gasteiger partial charge is 0.366 e. The Morgan fingerprint density at radius 3 is 1.84 bits per heavy atom. The normalized spacial score (nSPS) is 10.1. The molecule has 2 aromatic carbocycles. The van der Waals surface area contributed by atoms with Gasteiger partial charge in [0.05, 0.1) is 15.4 Å². The zero-order valence-electron chi connectivity index (χ0n) is 12.9. The third-order valence-corrected chi connectivity index (χ3v) is 3.44. The molecule has 0 radical (unpaired) electrons. The molecular weight excluding hydrogens is 332 g/mol. The van der Waals surface area contributed by atoms with Crippen molar-refractivity contribution in [1.82, 2.24) is 0 Å². The molecule has 10 nitrogen and oxygen atoms in total. The maximum atomic E-state index is 12.2. The first-order valence-electron chi connectivity index (χ1n) is 6.85. The summed E-state index contributed by atoms with van der Waals surface area (Å²) < 4.78 is 0. The Morgan fingerprint density at radius 1 is 0.960 bits per heavy atom. The molecule has 0 bridgehead atoms. The van der Waals surface area contributed by atoms with Crippen LogP contribution in [0.5, 0.6) is 0 Å². The first kappa shape index (κ1) is 17.5. The van der Waals surface area contributed by atoms with E-state index in [1.165, 1.54) is 31.2 Å². The van der Waals surface area contributed by atoms with Crippen molar-refractivity contribution >= 4 is 28.9 Å². The second kappa shape index (κ2) is 6.74. The van der Waals surface area contributed by atoms with Crippen molar-refractivity contribution in [3.8, 4) is 0 Å². The minimum absolute atomic E-state index is 0.141. The number of rotatable bonds is 5. The molecule has 25 heavy (non-hydrogen) atoms. The lowest BCUT2D eigenvalue weighted by atomic mass is 10.1. The third kappa shape index (κ3) is 3.75. The van der Waals surface area contributed by atoms with Gasteiger partial charge in [-0.25, -0.2) is 0 Å². The number of primary amides is 1. The monoisotopic (exact) mass is 344 g/mol. The highest BCUT2D eigenvalue weighted by atomic mass is 16.6. The number of carbonyl (C=O) groups excluding carboxylic acids is 2. The molecule has 2 aromatic rings. The number of anilines is 1. The molecular formula is C15H12N4O6. The van der Waals surface area contributed by atoms with Crippen molar-refractivity contribution in [1.29, 1.82) is 0 Å². The molecule has 0 aliphatic heterocycles. The molecule has 0 aliphatic carbocycles. The van der Waals surface area contributed by atoms with E-state index in [4.69, 9.17) is 5.73 Å². The molecule has 128 valence electrons. The first-order valence-corrected chi connectivity index (χ1v) is 6.85. The van der Waals surface area contributed by atoms with E-state index in [0.717, 1.165) is 12.1 Å². The highest BCUT2D eigenvalue weighted by molar-refractivity contribution is 6.05. The smallest absolute Gasteiger partial charge is 0.279 e. The highest BCUT2D eigenvalue weighted by Crippen LogP contribution is 2.29. The van der Waals surface area contributed by atoms with E-state index in [2.05, 4.69) is 5.32 Å². The van der Waals surface area contributed by atoms with E-state index in [-0.39, 0.29) is 16.7 Å². The van der Waals surface area contributed by atoms with Gasteiger partial charge in [-0.3, -0.25) is 29.8 Å². The maximum Gasteiger partial charge on any atom is 0.279 e. The van der Waals surface area contributed by atoms with Crippen molar-refractivity contribution in [3.05, 3.63) is 73.3 Å². The van der Waals surface area contributed by atoms with Crippen LogP contribution in [0.15, 0.2) is 36.4 Å². The lowest BCUT2D eigenvalue weighted by molar-refractivity contribution is -0.395. The maximum absolute atomic E-state index is 12.2. The van der Waals surface area contributed by atoms with Crippen molar-refractivity contribution in [2.75, 3.05) is 5.32 Å². The molecule has 0 atom stereocenters. The van der Waals surface area contributed by atoms with Crippen LogP contribution in [0.2, 0.25) is 0 Å². The van der Waals surface area contributed by atoms with Gasteiger partial charge in [-0.15, -0.1) is 0 Å². The zero-order valence-corrected chi connectivity index (χ0v) is 12.9. The van der Waals surface area contributed by atoms with Crippen LogP contribution in [0, 0.1) is 27.2 Å². The van der Waals surface area contributed by atoms with E-state index in [1.807, 2.05) is 0 Å². The highest BCUT2D eigenvalue weighted by Gasteiger charge is 2.25. The average Bonchev–Trinajstić information content (AvgIpc) is 2.54. The Labute approximate surface area is 140 Å². The number of nitro benzene ring substituents is 2. The van der Waals surface area contributed by atoms with E-state index in [0.29, 0.717) is 5.69 Å². The lowest BCUT2D eigenvalue weighted by Gasteiger charge is -2.07. The van der Waals surface area contributed by atoms with Gasteiger partial charge in [0.25, 0.3) is 17.3 Å². The molecule has 0 saturated heterocycles. The topological polar surface area (TPSA) is 158 Å². The van der Waals surface area contributed by atoms with E-state index < -0.39 is 33.0 Å². The van der Waals surface area contributed by atoms with Crippen LogP contribution in [-0.4, -0.2) is 21.7 Å². The Morgan fingerprint density at radius 2 is 1.44 bits per heavy atom. The van der Waals surface area contributed by atoms with Crippen LogP contribution in [0.4, 0.5) is 17.1 Å². The summed E-state index contributed by atoms with van der Waals surface area (Å²) in [5, 5.41) is 24.5. The lowest BCUT2D eigenvalue weighted by Crippen LogP contribution is -2.14. The Kier molecular flexibility index (Phi) is 4.73. The van der Waals surface area contributed by atoms with E-state index in [9.17, 15) is 29.8 Å². The number of nitrogens with two attached hydrogens (primary N) is 1. The summed E-state index contributed by atoms with van der Waals surface area (Å²) in [5.41, 5.74) is 4.21. The number of nitro groups is 2. The van der Waals surface area contributed by atoms with Gasteiger partial charge in [-0.05, 0) is 31.2 Å². The Hall–Kier alpha value is -3.82. The fourth-order valence-electron chi connectivity index (χ4n) is 2.12. The molecule has 0 heterocycles. The number of nitrogens with one attached hydrogen (secondary N) is 1. The number of carbonyl (C=O) groups is 2. The van der Waals surface area contributed by atoms with Crippen molar-refractivity contribution < 1.29 is 19.4 Å². The van der Waals surface area contributed by atoms with E-state index >= 15 is 0 Å². The second-order valence-corrected chi connectivity index (χ2v) is 5.05. The second-order valence-electron chi connectivity index (χ2n) is 5.05. The Balaban J connectivity index is 2.37. The first-order chi connectivity index (χ1) is 11.7. The molecule has 2 rings (SSSR count). The van der Waals surface area contributed by atoms with Gasteiger partial charge in [-0.2, -0.15) is 0 Å². The summed E-state index contributed by atoms with van der Waals surface area (Å²) in [6.07, 6.45) is 0. The third-order valence-electron chi connectivity index (χ3n) is 3.44. The van der Waals surface area contributed by atoms with Gasteiger partial charge >= 0.3 is 0 Å². The van der Waals surface area contributed by atoms with Crippen LogP contribution in [0.25, 0.3) is 0 Å². The van der Waals surface area contributed by atoms with Crippen molar-refractivity contribution in [2.45, 2.75) is 6.92 Å². The molecule has 0 unspecified atom stereocenters. The van der Waals surface area contributed by atoms with Gasteiger partial charge in [0, 0.05) is 23.4 Å². The minimum Gasteiger partial charge on any atom is -0.366 e. The van der Waals surface area contributed by atoms with Gasteiger partial charge in [0.15, 0.2) is 0 Å². The predicted octanol–water partition coefficient (Wildman–Crippen LogP) is 2.16. The zero-order chi connectivity index (χ0) is 18.7. The molecule has 0 aromatic heterocycles. The van der Waals surface area contributed by atoms with Gasteiger partial charge in [0.1, 0.15) is 5.56 Å². The standard InChI is InChI=1S/C15H12N4O6/c1-8-12(18(22)23)6-10(7-13(8)19(24)25)15(21)17-11-4-2-9(3-5-11)14(16)20/h2-7H,1H3,(H2,16,20)(H,17,21). The molecule has 0 fully saturated rings. The van der Waals surface area contributed by atoms with Crippen LogP contribution in [0.1, 0.15) is 26.3 Å². The summed E-state index contributed by atoms with van der Waals surface area (Å²) in [5.74, 6) is -1.40. The molecule has 0 aliphatic rings. The number of hydrogen-bond acceptors (Lipinski definition) is 6. The van der Waals surface area contributed by atoms with Crippen LogP contribution in [0.3, 0.4) is 0 Å². The fourth-order valence-corrected chi connectivity index (χ4v) is 2.12. The molecule has 2 amide bonds. The fraction of sp³-hybridized carbons (Fsp3) is 0.0667. The minimum atomic E-state index is -0.791. The summed E-state index contributed by atoms with van der Waals surface area (Å²) in [6, 6.07) is 7.53. The van der Waals surface area contributed by atoms with Crippen LogP contribution in [-0.2, 0) is 0 Å². The van der Waals surface area contributed by atoms with Crippen molar-refractivity contribution in [3.63, 3.8) is 0 Å². The summed E-state index contributed by atoms with van der Waals surface area (Å²) in [7, 11) is 0. The number of amides is 2. The quantitative estimate of drug-likeness (QED) is 0.624. The van der Waals surface area contributed by atoms with Crippen molar-refractivity contribution in [2.24, 2.45) is 5.73 Å². The number of hydrogen-bond donors (Lipinski definition) is 2. The average molecular weight is 344 g/mol. The molecule has 0 saturated carbocycles. The van der Waals surface area contributed by atoms with E-state index in [1.54, 1.807) is 0 Å². The van der Waals surface area contributed by atoms with Crippen LogP contribution < -0.4 is 11.1 Å². The Bertz CT molecular complexity index is 856. The molecule has 0 spiro atoms. The summed E-state index contributed by atoms with van der Waals surface area (Å²) >= 11 is 0. The number of benzene rings is 2.